The highest BCUT2D eigenvalue weighted by molar-refractivity contribution is 7.84. The van der Waals surface area contributed by atoms with Crippen molar-refractivity contribution in [3.8, 4) is 0 Å². The van der Waals surface area contributed by atoms with Crippen LogP contribution in [0.25, 0.3) is 0 Å². The Hall–Kier alpha value is -0.950. The minimum atomic E-state index is -0.804. The van der Waals surface area contributed by atoms with Crippen LogP contribution in [0.1, 0.15) is 24.3 Å². The quantitative estimate of drug-likeness (QED) is 0.764. The van der Waals surface area contributed by atoms with Crippen molar-refractivity contribution >= 4 is 33.1 Å². The van der Waals surface area contributed by atoms with Crippen LogP contribution in [0.5, 0.6) is 0 Å². The molecule has 5 nitrogen and oxygen atoms in total. The highest BCUT2D eigenvalue weighted by atomic mass is 32.2. The molecular weight excluding hydrogens is 260 g/mol. The summed E-state index contributed by atoms with van der Waals surface area (Å²) in [6.07, 6.45) is 0. The van der Waals surface area contributed by atoms with Gasteiger partial charge >= 0.3 is 5.97 Å². The van der Waals surface area contributed by atoms with E-state index in [1.807, 2.05) is 6.92 Å². The predicted octanol–water partition coefficient (Wildman–Crippen LogP) is 1.50. The van der Waals surface area contributed by atoms with E-state index in [0.717, 1.165) is 0 Å². The van der Waals surface area contributed by atoms with E-state index in [1.165, 1.54) is 11.3 Å². The van der Waals surface area contributed by atoms with Crippen LogP contribution in [0, 0.1) is 0 Å². The second kappa shape index (κ2) is 7.39. The van der Waals surface area contributed by atoms with Crippen molar-refractivity contribution in [3.05, 3.63) is 11.2 Å². The van der Waals surface area contributed by atoms with Crippen LogP contribution in [0.15, 0.2) is 5.51 Å². The van der Waals surface area contributed by atoms with Gasteiger partial charge in [-0.1, -0.05) is 6.92 Å². The summed E-state index contributed by atoms with van der Waals surface area (Å²) >= 11 is 1.34. The zero-order chi connectivity index (χ0) is 12.7. The van der Waals surface area contributed by atoms with Gasteiger partial charge in [-0.3, -0.25) is 4.21 Å². The lowest BCUT2D eigenvalue weighted by molar-refractivity contribution is 0.0521. The van der Waals surface area contributed by atoms with Crippen LogP contribution < -0.4 is 5.32 Å². The van der Waals surface area contributed by atoms with Gasteiger partial charge < -0.3 is 10.1 Å². The molecule has 0 aliphatic heterocycles. The first-order valence-electron chi connectivity index (χ1n) is 5.38. The Bertz CT molecular complexity index is 393. The maximum atomic E-state index is 11.5. The van der Waals surface area contributed by atoms with Crippen molar-refractivity contribution < 1.29 is 13.7 Å². The average molecular weight is 276 g/mol. The number of hydrogen-bond donors (Lipinski definition) is 1. The number of carbonyl (C=O) groups is 1. The number of thiazole rings is 1. The lowest BCUT2D eigenvalue weighted by Gasteiger charge is -2.05. The van der Waals surface area contributed by atoms with E-state index in [0.29, 0.717) is 35.4 Å². The molecule has 0 saturated heterocycles. The number of nitrogens with one attached hydrogen (secondary N) is 1. The number of carbonyl (C=O) groups excluding carboxylic acids is 1. The Kier molecular flexibility index (Phi) is 6.13. The molecule has 7 heteroatoms. The van der Waals surface area contributed by atoms with Gasteiger partial charge in [-0.05, 0) is 6.92 Å². The molecule has 17 heavy (non-hydrogen) atoms. The van der Waals surface area contributed by atoms with Crippen LogP contribution in [-0.4, -0.2) is 39.8 Å². The molecule has 1 aromatic heterocycles. The maximum absolute atomic E-state index is 11.5. The molecule has 1 aromatic rings. The molecule has 0 radical (unpaired) electrons. The first kappa shape index (κ1) is 14.1. The second-order valence-electron chi connectivity index (χ2n) is 3.11. The topological polar surface area (TPSA) is 68.3 Å². The third-order valence-electron chi connectivity index (χ3n) is 1.97. The summed E-state index contributed by atoms with van der Waals surface area (Å²) in [5, 5.41) is 3.74. The molecule has 0 aliphatic carbocycles. The summed E-state index contributed by atoms with van der Waals surface area (Å²) in [6.45, 7) is 4.53. The van der Waals surface area contributed by atoms with Crippen LogP contribution in [0.4, 0.5) is 5.00 Å². The van der Waals surface area contributed by atoms with Gasteiger partial charge in [0.25, 0.3) is 0 Å². The average Bonchev–Trinajstić information content (AvgIpc) is 2.77. The van der Waals surface area contributed by atoms with Crippen molar-refractivity contribution in [2.75, 3.05) is 30.0 Å². The largest absolute Gasteiger partial charge is 0.461 e. The van der Waals surface area contributed by atoms with E-state index in [1.54, 1.807) is 12.4 Å². The van der Waals surface area contributed by atoms with Crippen molar-refractivity contribution in [2.24, 2.45) is 0 Å². The molecule has 1 heterocycles. The standard InChI is InChI=1S/C10H16N2O3S2/c1-3-15-10(13)8-9(16-7-12-8)11-5-6-17(14)4-2/h7,11H,3-6H2,1-2H3. The number of aromatic nitrogens is 1. The van der Waals surface area contributed by atoms with E-state index in [4.69, 9.17) is 4.74 Å². The van der Waals surface area contributed by atoms with Gasteiger partial charge in [0.2, 0.25) is 0 Å². The maximum Gasteiger partial charge on any atom is 0.360 e. The fourth-order valence-electron chi connectivity index (χ4n) is 1.14. The minimum Gasteiger partial charge on any atom is -0.461 e. The normalized spacial score (nSPS) is 12.1. The number of nitrogens with zero attached hydrogens (tertiary/aromatic N) is 1. The highest BCUT2D eigenvalue weighted by Crippen LogP contribution is 2.20. The smallest absolute Gasteiger partial charge is 0.360 e. The van der Waals surface area contributed by atoms with Crippen molar-refractivity contribution in [1.29, 1.82) is 0 Å². The third-order valence-corrected chi connectivity index (χ3v) is 4.06. The zero-order valence-electron chi connectivity index (χ0n) is 9.89. The minimum absolute atomic E-state index is 0.305. The molecule has 0 aromatic carbocycles. The second-order valence-corrected chi connectivity index (χ2v) is 5.83. The Labute approximate surface area is 107 Å². The molecule has 0 spiro atoms. The van der Waals surface area contributed by atoms with Gasteiger partial charge in [0.05, 0.1) is 12.1 Å². The Morgan fingerprint density at radius 1 is 1.59 bits per heavy atom. The van der Waals surface area contributed by atoms with Crippen molar-refractivity contribution in [1.82, 2.24) is 4.98 Å². The summed E-state index contributed by atoms with van der Waals surface area (Å²) < 4.78 is 16.1. The van der Waals surface area contributed by atoms with Gasteiger partial charge in [0, 0.05) is 28.9 Å². The molecule has 1 atom stereocenters. The number of ether oxygens (including phenoxy) is 1. The molecule has 96 valence electrons. The predicted molar refractivity (Wildman–Crippen MR) is 70.1 cm³/mol. The zero-order valence-corrected chi connectivity index (χ0v) is 11.5. The molecule has 1 unspecified atom stereocenters. The molecule has 1 rings (SSSR count). The van der Waals surface area contributed by atoms with E-state index in [-0.39, 0.29) is 0 Å². The lowest BCUT2D eigenvalue weighted by atomic mass is 10.4. The van der Waals surface area contributed by atoms with Crippen LogP contribution in [-0.2, 0) is 15.5 Å². The Morgan fingerprint density at radius 2 is 2.35 bits per heavy atom. The Balaban J connectivity index is 2.51. The molecule has 0 saturated carbocycles. The molecule has 0 bridgehead atoms. The molecular formula is C10H16N2O3S2. The first-order chi connectivity index (χ1) is 8.19. The summed E-state index contributed by atoms with van der Waals surface area (Å²) in [4.78, 5) is 15.5. The van der Waals surface area contributed by atoms with Gasteiger partial charge in [0.1, 0.15) is 5.00 Å². The number of rotatable bonds is 7. The van der Waals surface area contributed by atoms with Crippen molar-refractivity contribution in [2.45, 2.75) is 13.8 Å². The molecule has 1 N–H and O–H groups in total. The van der Waals surface area contributed by atoms with E-state index in [2.05, 4.69) is 10.3 Å². The van der Waals surface area contributed by atoms with Gasteiger partial charge in [0.15, 0.2) is 5.69 Å². The number of anilines is 1. The summed E-state index contributed by atoms with van der Waals surface area (Å²) in [5.41, 5.74) is 1.89. The molecule has 0 aliphatic rings. The summed E-state index contributed by atoms with van der Waals surface area (Å²) in [7, 11) is -0.804. The van der Waals surface area contributed by atoms with E-state index >= 15 is 0 Å². The van der Waals surface area contributed by atoms with Gasteiger partial charge in [-0.25, -0.2) is 9.78 Å². The molecule has 0 fully saturated rings. The SMILES string of the molecule is CCOC(=O)c1ncsc1NCCS(=O)CC. The van der Waals surface area contributed by atoms with E-state index < -0.39 is 16.8 Å². The fraction of sp³-hybridized carbons (Fsp3) is 0.600. The number of esters is 1. The van der Waals surface area contributed by atoms with Crippen LogP contribution >= 0.6 is 11.3 Å². The van der Waals surface area contributed by atoms with Gasteiger partial charge in [-0.2, -0.15) is 0 Å². The first-order valence-corrected chi connectivity index (χ1v) is 7.75. The monoisotopic (exact) mass is 276 g/mol. The van der Waals surface area contributed by atoms with Crippen LogP contribution in [0.3, 0.4) is 0 Å². The highest BCUT2D eigenvalue weighted by Gasteiger charge is 2.15. The Morgan fingerprint density at radius 3 is 3.00 bits per heavy atom. The molecule has 0 amide bonds. The number of hydrogen-bond acceptors (Lipinski definition) is 6. The van der Waals surface area contributed by atoms with Crippen LogP contribution in [0.2, 0.25) is 0 Å². The summed E-state index contributed by atoms with van der Waals surface area (Å²) in [5.74, 6) is 0.791. The summed E-state index contributed by atoms with van der Waals surface area (Å²) in [6, 6.07) is 0. The van der Waals surface area contributed by atoms with E-state index in [9.17, 15) is 9.00 Å². The lowest BCUT2D eigenvalue weighted by Crippen LogP contribution is -2.14. The fourth-order valence-corrected chi connectivity index (χ4v) is 2.45. The third kappa shape index (κ3) is 4.43. The van der Waals surface area contributed by atoms with Gasteiger partial charge in [-0.15, -0.1) is 11.3 Å². The van der Waals surface area contributed by atoms with Crippen molar-refractivity contribution in [3.63, 3.8) is 0 Å².